The van der Waals surface area contributed by atoms with E-state index in [1.165, 1.54) is 19.1 Å². The van der Waals surface area contributed by atoms with Gasteiger partial charge < -0.3 is 0 Å². The summed E-state index contributed by atoms with van der Waals surface area (Å²) in [5.41, 5.74) is 1.65. The first-order chi connectivity index (χ1) is 11.2. The van der Waals surface area contributed by atoms with E-state index in [0.717, 1.165) is 5.56 Å². The number of carbonyl (C=O) groups excluding carboxylic acids is 1. The van der Waals surface area contributed by atoms with Crippen LogP contribution in [0.15, 0.2) is 65.6 Å². The van der Waals surface area contributed by atoms with Gasteiger partial charge in [0.05, 0.1) is 10.9 Å². The minimum absolute atomic E-state index is 0.122. The van der Waals surface area contributed by atoms with Crippen molar-refractivity contribution in [2.75, 3.05) is 0 Å². The second-order valence-corrected chi connectivity index (χ2v) is 7.65. The van der Waals surface area contributed by atoms with E-state index in [1.807, 2.05) is 6.92 Å². The molecule has 0 aliphatic heterocycles. The van der Waals surface area contributed by atoms with Crippen LogP contribution in [0.5, 0.6) is 0 Å². The maximum Gasteiger partial charge on any atom is 0.241 e. The lowest BCUT2D eigenvalue weighted by molar-refractivity contribution is -0.113. The Balaban J connectivity index is 2.43. The number of hydrogen-bond acceptors (Lipinski definition) is 3. The molecule has 0 spiro atoms. The quantitative estimate of drug-likeness (QED) is 0.793. The number of nitrogens with one attached hydrogen (secondary N) is 1. The Kier molecular flexibility index (Phi) is 5.59. The van der Waals surface area contributed by atoms with E-state index in [2.05, 4.69) is 11.3 Å². The van der Waals surface area contributed by atoms with Crippen LogP contribution in [-0.4, -0.2) is 14.2 Å². The van der Waals surface area contributed by atoms with Gasteiger partial charge in [-0.15, -0.1) is 0 Å². The molecule has 0 radical (unpaired) electrons. The largest absolute Gasteiger partial charge is 0.295 e. The number of Topliss-reactive ketones (excluding diaryl/α,β-unsaturated/α-hetero) is 1. The number of rotatable bonds is 6. The van der Waals surface area contributed by atoms with Crippen LogP contribution in [0.2, 0.25) is 5.02 Å². The van der Waals surface area contributed by atoms with Crippen molar-refractivity contribution < 1.29 is 13.2 Å². The van der Waals surface area contributed by atoms with E-state index in [4.69, 9.17) is 11.6 Å². The Morgan fingerprint density at radius 3 is 2.33 bits per heavy atom. The summed E-state index contributed by atoms with van der Waals surface area (Å²) in [6, 6.07) is 12.2. The number of hydrogen-bond donors (Lipinski definition) is 1. The fourth-order valence-corrected chi connectivity index (χ4v) is 3.59. The predicted octanol–water partition coefficient (Wildman–Crippen LogP) is 3.81. The number of ketones is 1. The summed E-state index contributed by atoms with van der Waals surface area (Å²) in [7, 11) is -3.82. The van der Waals surface area contributed by atoms with Crippen molar-refractivity contribution in [3.05, 3.63) is 76.8 Å². The highest BCUT2D eigenvalue weighted by Crippen LogP contribution is 2.26. The van der Waals surface area contributed by atoms with Crippen molar-refractivity contribution >= 4 is 27.4 Å². The smallest absolute Gasteiger partial charge is 0.241 e. The lowest BCUT2D eigenvalue weighted by Gasteiger charge is -2.20. The van der Waals surface area contributed by atoms with Crippen LogP contribution in [0.4, 0.5) is 0 Å². The maximum atomic E-state index is 12.6. The molecule has 0 saturated carbocycles. The lowest BCUT2D eigenvalue weighted by atomic mass is 9.98. The molecular formula is C18H18ClNO3S. The van der Waals surface area contributed by atoms with Crippen molar-refractivity contribution in [1.29, 1.82) is 0 Å². The van der Waals surface area contributed by atoms with E-state index >= 15 is 0 Å². The van der Waals surface area contributed by atoms with E-state index in [0.29, 0.717) is 10.6 Å². The van der Waals surface area contributed by atoms with Gasteiger partial charge in [0.1, 0.15) is 0 Å². The first kappa shape index (κ1) is 18.4. The van der Waals surface area contributed by atoms with Crippen LogP contribution in [0.3, 0.4) is 0 Å². The monoisotopic (exact) mass is 363 g/mol. The zero-order valence-corrected chi connectivity index (χ0v) is 15.0. The number of sulfonamides is 1. The van der Waals surface area contributed by atoms with Gasteiger partial charge >= 0.3 is 0 Å². The Morgan fingerprint density at radius 2 is 1.79 bits per heavy atom. The van der Waals surface area contributed by atoms with Crippen molar-refractivity contribution in [3.8, 4) is 0 Å². The molecule has 0 bridgehead atoms. The highest BCUT2D eigenvalue weighted by atomic mass is 35.5. The van der Waals surface area contributed by atoms with Crippen LogP contribution in [-0.2, 0) is 14.8 Å². The van der Waals surface area contributed by atoms with Gasteiger partial charge in [0.15, 0.2) is 5.78 Å². The van der Waals surface area contributed by atoms with Crippen molar-refractivity contribution in [2.45, 2.75) is 24.8 Å². The molecule has 2 aromatic rings. The van der Waals surface area contributed by atoms with E-state index in [-0.39, 0.29) is 16.3 Å². The zero-order chi connectivity index (χ0) is 17.9. The fourth-order valence-electron chi connectivity index (χ4n) is 2.17. The molecule has 0 aliphatic carbocycles. The number of halogens is 1. The normalized spacial score (nSPS) is 12.6. The molecule has 0 aliphatic rings. The summed E-state index contributed by atoms with van der Waals surface area (Å²) in [5.74, 6) is -0.299. The highest BCUT2D eigenvalue weighted by Gasteiger charge is 2.25. The Morgan fingerprint density at radius 1 is 1.17 bits per heavy atom. The summed E-state index contributed by atoms with van der Waals surface area (Å²) in [4.78, 5) is 11.9. The molecule has 0 heterocycles. The summed E-state index contributed by atoms with van der Waals surface area (Å²) < 4.78 is 27.8. The molecule has 2 rings (SSSR count). The Labute approximate surface area is 147 Å². The second-order valence-electron chi connectivity index (χ2n) is 5.50. The molecule has 126 valence electrons. The van der Waals surface area contributed by atoms with E-state index in [9.17, 15) is 13.2 Å². The number of carbonyl (C=O) groups is 1. The molecule has 0 unspecified atom stereocenters. The average Bonchev–Trinajstić information content (AvgIpc) is 2.52. The van der Waals surface area contributed by atoms with Gasteiger partial charge in [0, 0.05) is 10.6 Å². The molecule has 0 amide bonds. The van der Waals surface area contributed by atoms with Gasteiger partial charge in [-0.05, 0) is 43.7 Å². The van der Waals surface area contributed by atoms with Crippen LogP contribution in [0, 0.1) is 6.92 Å². The third-order valence-electron chi connectivity index (χ3n) is 3.59. The van der Waals surface area contributed by atoms with E-state index < -0.39 is 16.1 Å². The third kappa shape index (κ3) is 4.32. The number of aryl methyl sites for hydroxylation is 1. The number of benzene rings is 2. The fraction of sp³-hybridized carbons (Fsp3) is 0.167. The van der Waals surface area contributed by atoms with Gasteiger partial charge in [-0.25, -0.2) is 8.42 Å². The van der Waals surface area contributed by atoms with Crippen LogP contribution >= 0.6 is 11.6 Å². The topological polar surface area (TPSA) is 63.2 Å². The molecule has 6 heteroatoms. The highest BCUT2D eigenvalue weighted by molar-refractivity contribution is 7.89. The van der Waals surface area contributed by atoms with E-state index in [1.54, 1.807) is 36.4 Å². The predicted molar refractivity (Wildman–Crippen MR) is 95.5 cm³/mol. The molecule has 4 nitrogen and oxygen atoms in total. The first-order valence-corrected chi connectivity index (χ1v) is 9.11. The van der Waals surface area contributed by atoms with Gasteiger partial charge in [-0.3, -0.25) is 4.79 Å². The van der Waals surface area contributed by atoms with Crippen LogP contribution < -0.4 is 4.72 Å². The van der Waals surface area contributed by atoms with Crippen LogP contribution in [0.25, 0.3) is 0 Å². The standard InChI is InChI=1S/C18H18ClNO3S/c1-12-7-9-17(10-8-12)24(22,23)20-18(13(2)14(3)21)15-5-4-6-16(19)11-15/h4-11,18,20H,2H2,1,3H3/t18-/m1/s1. The molecule has 1 N–H and O–H groups in total. The van der Waals surface area contributed by atoms with Gasteiger partial charge in [-0.1, -0.05) is 48.0 Å². The van der Waals surface area contributed by atoms with Crippen molar-refractivity contribution in [2.24, 2.45) is 0 Å². The second kappa shape index (κ2) is 7.30. The van der Waals surface area contributed by atoms with Crippen LogP contribution in [0.1, 0.15) is 24.1 Å². The van der Waals surface area contributed by atoms with Gasteiger partial charge in [-0.2, -0.15) is 4.72 Å². The Hall–Kier alpha value is -1.95. The zero-order valence-electron chi connectivity index (χ0n) is 13.4. The minimum Gasteiger partial charge on any atom is -0.295 e. The summed E-state index contributed by atoms with van der Waals surface area (Å²) in [6.45, 7) is 6.95. The summed E-state index contributed by atoms with van der Waals surface area (Å²) in [5, 5.41) is 0.448. The van der Waals surface area contributed by atoms with Gasteiger partial charge in [0.2, 0.25) is 10.0 Å². The SMILES string of the molecule is C=C(C(C)=O)[C@@H](NS(=O)(=O)c1ccc(C)cc1)c1cccc(Cl)c1. The maximum absolute atomic E-state index is 12.6. The molecule has 1 atom stereocenters. The molecular weight excluding hydrogens is 346 g/mol. The lowest BCUT2D eigenvalue weighted by Crippen LogP contribution is -2.31. The summed E-state index contributed by atoms with van der Waals surface area (Å²) in [6.07, 6.45) is 0. The van der Waals surface area contributed by atoms with Crippen molar-refractivity contribution in [3.63, 3.8) is 0 Å². The molecule has 2 aromatic carbocycles. The minimum atomic E-state index is -3.82. The third-order valence-corrected chi connectivity index (χ3v) is 5.26. The average molecular weight is 364 g/mol. The van der Waals surface area contributed by atoms with Gasteiger partial charge in [0.25, 0.3) is 0 Å². The van der Waals surface area contributed by atoms with Crippen molar-refractivity contribution in [1.82, 2.24) is 4.72 Å². The molecule has 0 fully saturated rings. The molecule has 24 heavy (non-hydrogen) atoms. The molecule has 0 aromatic heterocycles. The first-order valence-electron chi connectivity index (χ1n) is 7.25. The Bertz CT molecular complexity index is 873. The molecule has 0 saturated heterocycles. The summed E-state index contributed by atoms with van der Waals surface area (Å²) >= 11 is 5.99.